The van der Waals surface area contributed by atoms with Crippen molar-refractivity contribution >= 4 is 17.4 Å². The zero-order valence-corrected chi connectivity index (χ0v) is 13.0. The molecule has 0 saturated carbocycles. The number of rotatable bonds is 7. The summed E-state index contributed by atoms with van der Waals surface area (Å²) in [6, 6.07) is 0.0940. The second-order valence-corrected chi connectivity index (χ2v) is 5.82. The molecule has 20 heavy (non-hydrogen) atoms. The molecule has 0 aromatic carbocycles. The van der Waals surface area contributed by atoms with Crippen molar-refractivity contribution in [3.05, 3.63) is 33.1 Å². The van der Waals surface area contributed by atoms with Gasteiger partial charge in [0.2, 0.25) is 0 Å². The molecule has 112 valence electrons. The summed E-state index contributed by atoms with van der Waals surface area (Å²) in [6.07, 6.45) is 3.48. The van der Waals surface area contributed by atoms with E-state index in [1.807, 2.05) is 13.2 Å². The number of aliphatic hydroxyl groups excluding tert-OH is 1. The number of thioether (sulfide) groups is 1. The third-order valence-corrected chi connectivity index (χ3v) is 4.55. The number of nitrogens with zero attached hydrogens (tertiary/aromatic N) is 2. The Bertz CT molecular complexity index is 478. The maximum absolute atomic E-state index is 11.1. The fourth-order valence-electron chi connectivity index (χ4n) is 2.05. The summed E-state index contributed by atoms with van der Waals surface area (Å²) in [6.45, 7) is 5.93. The van der Waals surface area contributed by atoms with Crippen LogP contribution in [0.1, 0.15) is 23.7 Å². The lowest BCUT2D eigenvalue weighted by Crippen LogP contribution is -2.37. The van der Waals surface area contributed by atoms with Crippen molar-refractivity contribution in [3.63, 3.8) is 0 Å². The van der Waals surface area contributed by atoms with Gasteiger partial charge in [-0.3, -0.25) is 15.1 Å². The van der Waals surface area contributed by atoms with Gasteiger partial charge in [-0.25, -0.2) is 0 Å². The first-order valence-electron chi connectivity index (χ1n) is 6.38. The van der Waals surface area contributed by atoms with Crippen molar-refractivity contribution in [3.8, 4) is 0 Å². The topological polar surface area (TPSA) is 88.3 Å². The lowest BCUT2D eigenvalue weighted by Gasteiger charge is -2.21. The predicted octanol–water partition coefficient (Wildman–Crippen LogP) is 1.81. The molecule has 0 aliphatic rings. The number of pyridine rings is 1. The van der Waals surface area contributed by atoms with E-state index >= 15 is 0 Å². The molecule has 2 atom stereocenters. The fourth-order valence-corrected chi connectivity index (χ4v) is 2.70. The van der Waals surface area contributed by atoms with Crippen LogP contribution < -0.4 is 5.32 Å². The normalized spacial score (nSPS) is 14.1. The van der Waals surface area contributed by atoms with Gasteiger partial charge in [-0.2, -0.15) is 11.8 Å². The van der Waals surface area contributed by atoms with E-state index in [2.05, 4.69) is 10.3 Å². The van der Waals surface area contributed by atoms with Crippen LogP contribution in [0.15, 0.2) is 6.20 Å². The Morgan fingerprint density at radius 3 is 2.70 bits per heavy atom. The van der Waals surface area contributed by atoms with Gasteiger partial charge in [-0.05, 0) is 27.0 Å². The summed E-state index contributed by atoms with van der Waals surface area (Å²) in [5.41, 5.74) is 1.97. The molecule has 0 amide bonds. The van der Waals surface area contributed by atoms with Crippen molar-refractivity contribution in [2.24, 2.45) is 0 Å². The maximum Gasteiger partial charge on any atom is 0.278 e. The summed E-state index contributed by atoms with van der Waals surface area (Å²) in [5.74, 6) is 0. The largest absolute Gasteiger partial charge is 0.395 e. The van der Waals surface area contributed by atoms with Gasteiger partial charge in [-0.15, -0.1) is 0 Å². The first-order valence-corrected chi connectivity index (χ1v) is 7.67. The number of nitro groups is 1. The standard InChI is InChI=1S/C13H21N3O3S/c1-8-5-15-11(9(2)13(8)16(18)19)6-14-10(3)12(7-17)20-4/h5,10,12,14,17H,6-7H2,1-4H3. The van der Waals surface area contributed by atoms with Gasteiger partial charge in [0, 0.05) is 35.2 Å². The zero-order valence-electron chi connectivity index (χ0n) is 12.2. The number of hydrogen-bond acceptors (Lipinski definition) is 6. The van der Waals surface area contributed by atoms with E-state index in [0.29, 0.717) is 23.4 Å². The molecule has 0 aliphatic heterocycles. The SMILES string of the molecule is CSC(CO)C(C)NCc1ncc(C)c([N+](=O)[O-])c1C. The Balaban J connectivity index is 2.84. The monoisotopic (exact) mass is 299 g/mol. The van der Waals surface area contributed by atoms with E-state index < -0.39 is 0 Å². The zero-order chi connectivity index (χ0) is 15.3. The van der Waals surface area contributed by atoms with Crippen LogP contribution in [0.4, 0.5) is 5.69 Å². The van der Waals surface area contributed by atoms with Crippen molar-refractivity contribution in [2.45, 2.75) is 38.6 Å². The molecule has 1 aromatic rings. The van der Waals surface area contributed by atoms with Gasteiger partial charge in [0.1, 0.15) is 0 Å². The molecule has 1 rings (SSSR count). The minimum absolute atomic E-state index is 0.0930. The van der Waals surface area contributed by atoms with Crippen LogP contribution in [-0.4, -0.2) is 39.2 Å². The van der Waals surface area contributed by atoms with Crippen LogP contribution in [0, 0.1) is 24.0 Å². The first kappa shape index (κ1) is 16.9. The van der Waals surface area contributed by atoms with Crippen LogP contribution in [0.5, 0.6) is 0 Å². The Labute approximate surface area is 123 Å². The summed E-state index contributed by atoms with van der Waals surface area (Å²) in [5, 5.41) is 23.6. The van der Waals surface area contributed by atoms with E-state index in [1.54, 1.807) is 25.6 Å². The van der Waals surface area contributed by atoms with Crippen LogP contribution in [0.25, 0.3) is 0 Å². The molecule has 0 bridgehead atoms. The van der Waals surface area contributed by atoms with Gasteiger partial charge >= 0.3 is 0 Å². The lowest BCUT2D eigenvalue weighted by molar-refractivity contribution is -0.386. The van der Waals surface area contributed by atoms with Gasteiger partial charge in [0.05, 0.1) is 17.2 Å². The van der Waals surface area contributed by atoms with Gasteiger partial charge in [-0.1, -0.05) is 0 Å². The quantitative estimate of drug-likeness (QED) is 0.589. The summed E-state index contributed by atoms with van der Waals surface area (Å²) >= 11 is 1.59. The van der Waals surface area contributed by atoms with E-state index in [4.69, 9.17) is 0 Å². The molecule has 1 heterocycles. The minimum atomic E-state index is -0.363. The van der Waals surface area contributed by atoms with Gasteiger partial charge in [0.15, 0.2) is 0 Å². The average molecular weight is 299 g/mol. The molecular weight excluding hydrogens is 278 g/mol. The van der Waals surface area contributed by atoms with E-state index in [-0.39, 0.29) is 28.5 Å². The number of hydrogen-bond donors (Lipinski definition) is 2. The fraction of sp³-hybridized carbons (Fsp3) is 0.615. The van der Waals surface area contributed by atoms with Crippen LogP contribution in [0.2, 0.25) is 0 Å². The molecule has 6 nitrogen and oxygen atoms in total. The van der Waals surface area contributed by atoms with E-state index in [1.165, 1.54) is 6.20 Å². The molecule has 0 saturated heterocycles. The van der Waals surface area contributed by atoms with Crippen molar-refractivity contribution in [2.75, 3.05) is 12.9 Å². The predicted molar refractivity (Wildman–Crippen MR) is 81.1 cm³/mol. The minimum Gasteiger partial charge on any atom is -0.395 e. The molecule has 7 heteroatoms. The molecule has 1 aromatic heterocycles. The maximum atomic E-state index is 11.1. The Kier molecular flexibility index (Phi) is 6.38. The second-order valence-electron chi connectivity index (χ2n) is 4.74. The summed E-state index contributed by atoms with van der Waals surface area (Å²) < 4.78 is 0. The number of nitrogens with one attached hydrogen (secondary N) is 1. The molecule has 0 fully saturated rings. The average Bonchev–Trinajstić information content (AvgIpc) is 2.38. The number of aliphatic hydroxyl groups is 1. The number of aromatic nitrogens is 1. The highest BCUT2D eigenvalue weighted by Gasteiger charge is 2.20. The van der Waals surface area contributed by atoms with Crippen molar-refractivity contribution in [1.82, 2.24) is 10.3 Å². The Morgan fingerprint density at radius 2 is 2.20 bits per heavy atom. The molecule has 0 radical (unpaired) electrons. The van der Waals surface area contributed by atoms with Gasteiger partial charge in [0.25, 0.3) is 5.69 Å². The summed E-state index contributed by atoms with van der Waals surface area (Å²) in [4.78, 5) is 15.0. The van der Waals surface area contributed by atoms with Crippen LogP contribution in [-0.2, 0) is 6.54 Å². The smallest absolute Gasteiger partial charge is 0.278 e. The molecule has 0 aliphatic carbocycles. The highest BCUT2D eigenvalue weighted by molar-refractivity contribution is 7.99. The Morgan fingerprint density at radius 1 is 1.55 bits per heavy atom. The van der Waals surface area contributed by atoms with Crippen molar-refractivity contribution < 1.29 is 10.0 Å². The van der Waals surface area contributed by atoms with E-state index in [0.717, 1.165) is 0 Å². The van der Waals surface area contributed by atoms with Gasteiger partial charge < -0.3 is 10.4 Å². The van der Waals surface area contributed by atoms with E-state index in [9.17, 15) is 15.2 Å². The molecule has 2 unspecified atom stereocenters. The molecular formula is C13H21N3O3S. The van der Waals surface area contributed by atoms with Crippen LogP contribution in [0.3, 0.4) is 0 Å². The number of aryl methyl sites for hydroxylation is 1. The van der Waals surface area contributed by atoms with Crippen LogP contribution >= 0.6 is 11.8 Å². The molecule has 0 spiro atoms. The highest BCUT2D eigenvalue weighted by atomic mass is 32.2. The first-order chi connectivity index (χ1) is 9.42. The third kappa shape index (κ3) is 3.91. The molecule has 2 N–H and O–H groups in total. The highest BCUT2D eigenvalue weighted by Crippen LogP contribution is 2.24. The van der Waals surface area contributed by atoms with Crippen molar-refractivity contribution in [1.29, 1.82) is 0 Å². The lowest BCUT2D eigenvalue weighted by atomic mass is 10.1. The second kappa shape index (κ2) is 7.56. The Hall–Kier alpha value is -1.18. The summed E-state index contributed by atoms with van der Waals surface area (Å²) in [7, 11) is 0. The third-order valence-electron chi connectivity index (χ3n) is 3.39.